The molecule has 132 valence electrons. The zero-order chi connectivity index (χ0) is 18.0. The predicted molar refractivity (Wildman–Crippen MR) is 98.7 cm³/mol. The molecular weight excluding hydrogens is 316 g/mol. The lowest BCUT2D eigenvalue weighted by Crippen LogP contribution is -2.31. The summed E-state index contributed by atoms with van der Waals surface area (Å²) in [4.78, 5) is 25.4. The molecule has 1 aliphatic rings. The smallest absolute Gasteiger partial charge is 0.261 e. The van der Waals surface area contributed by atoms with Gasteiger partial charge in [-0.05, 0) is 51.7 Å². The van der Waals surface area contributed by atoms with Crippen LogP contribution in [0.3, 0.4) is 0 Å². The first kappa shape index (κ1) is 17.3. The van der Waals surface area contributed by atoms with Crippen LogP contribution in [0.25, 0.3) is 0 Å². The summed E-state index contributed by atoms with van der Waals surface area (Å²) in [6.45, 7) is 6.91. The fourth-order valence-electron chi connectivity index (χ4n) is 3.39. The standard InChI is InChI=1S/C20H24N2O3/c1-4-25-17-12-18(23)22-10-6-5-7-16(22)19(17)20(24)21-15-9-8-13(2)11-14(15)3/h8-9,11-12H,4-7,10H2,1-3H3,(H,21,24). The summed E-state index contributed by atoms with van der Waals surface area (Å²) in [5.41, 5.74) is 4.10. The van der Waals surface area contributed by atoms with Gasteiger partial charge in [-0.2, -0.15) is 0 Å². The van der Waals surface area contributed by atoms with Gasteiger partial charge in [0.2, 0.25) is 0 Å². The van der Waals surface area contributed by atoms with Gasteiger partial charge in [0.05, 0.1) is 6.61 Å². The first-order valence-electron chi connectivity index (χ1n) is 8.79. The highest BCUT2D eigenvalue weighted by molar-refractivity contribution is 6.07. The minimum Gasteiger partial charge on any atom is -0.493 e. The number of fused-ring (bicyclic) bond motifs is 1. The number of ether oxygens (including phenoxy) is 1. The van der Waals surface area contributed by atoms with Crippen molar-refractivity contribution in [1.29, 1.82) is 0 Å². The van der Waals surface area contributed by atoms with Crippen LogP contribution in [-0.2, 0) is 13.0 Å². The molecule has 5 nitrogen and oxygen atoms in total. The molecular formula is C20H24N2O3. The second kappa shape index (κ2) is 7.13. The second-order valence-electron chi connectivity index (χ2n) is 6.48. The van der Waals surface area contributed by atoms with Crippen molar-refractivity contribution in [3.63, 3.8) is 0 Å². The van der Waals surface area contributed by atoms with E-state index in [0.29, 0.717) is 30.9 Å². The quantitative estimate of drug-likeness (QED) is 0.927. The number of amides is 1. The Morgan fingerprint density at radius 2 is 2.04 bits per heavy atom. The Hall–Kier alpha value is -2.56. The van der Waals surface area contributed by atoms with Crippen molar-refractivity contribution >= 4 is 11.6 Å². The third-order valence-electron chi connectivity index (χ3n) is 4.58. The van der Waals surface area contributed by atoms with Crippen molar-refractivity contribution in [3.05, 3.63) is 57.0 Å². The Labute approximate surface area is 147 Å². The molecule has 0 saturated carbocycles. The van der Waals surface area contributed by atoms with Crippen LogP contribution in [0.1, 0.15) is 46.9 Å². The lowest BCUT2D eigenvalue weighted by molar-refractivity contribution is 0.102. The van der Waals surface area contributed by atoms with Gasteiger partial charge in [0, 0.05) is 24.0 Å². The van der Waals surface area contributed by atoms with Crippen LogP contribution in [0.4, 0.5) is 5.69 Å². The number of anilines is 1. The molecule has 5 heteroatoms. The van der Waals surface area contributed by atoms with Crippen molar-refractivity contribution < 1.29 is 9.53 Å². The minimum absolute atomic E-state index is 0.0961. The SMILES string of the molecule is CCOc1cc(=O)n2c(c1C(=O)Nc1ccc(C)cc1C)CCCC2. The number of nitrogens with one attached hydrogen (secondary N) is 1. The van der Waals surface area contributed by atoms with E-state index in [-0.39, 0.29) is 11.5 Å². The molecule has 0 aliphatic carbocycles. The molecule has 2 aromatic rings. The number of nitrogens with zero attached hydrogens (tertiary/aromatic N) is 1. The maximum absolute atomic E-state index is 13.0. The summed E-state index contributed by atoms with van der Waals surface area (Å²) < 4.78 is 7.33. The predicted octanol–water partition coefficient (Wildman–Crippen LogP) is 3.45. The van der Waals surface area contributed by atoms with E-state index in [0.717, 1.165) is 35.3 Å². The largest absolute Gasteiger partial charge is 0.493 e. The molecule has 0 bridgehead atoms. The maximum atomic E-state index is 13.0. The summed E-state index contributed by atoms with van der Waals surface area (Å²) in [5, 5.41) is 2.99. The van der Waals surface area contributed by atoms with Crippen LogP contribution >= 0.6 is 0 Å². The lowest BCUT2D eigenvalue weighted by atomic mass is 10.0. The van der Waals surface area contributed by atoms with E-state index in [1.54, 1.807) is 4.57 Å². The molecule has 0 unspecified atom stereocenters. The second-order valence-corrected chi connectivity index (χ2v) is 6.48. The van der Waals surface area contributed by atoms with E-state index in [9.17, 15) is 9.59 Å². The van der Waals surface area contributed by atoms with Gasteiger partial charge in [0.15, 0.2) is 0 Å². The Morgan fingerprint density at radius 1 is 1.24 bits per heavy atom. The van der Waals surface area contributed by atoms with Crippen LogP contribution in [0.2, 0.25) is 0 Å². The molecule has 3 rings (SSSR count). The normalized spacial score (nSPS) is 13.2. The molecule has 2 heterocycles. The van der Waals surface area contributed by atoms with Gasteiger partial charge in [-0.15, -0.1) is 0 Å². The van der Waals surface area contributed by atoms with Gasteiger partial charge >= 0.3 is 0 Å². The van der Waals surface area contributed by atoms with E-state index in [1.807, 2.05) is 39.0 Å². The molecule has 0 radical (unpaired) electrons. The Kier molecular flexibility index (Phi) is 4.93. The van der Waals surface area contributed by atoms with Crippen molar-refractivity contribution in [3.8, 4) is 5.75 Å². The Morgan fingerprint density at radius 3 is 2.76 bits per heavy atom. The molecule has 1 aliphatic heterocycles. The number of carbonyl (C=O) groups excluding carboxylic acids is 1. The van der Waals surface area contributed by atoms with E-state index in [1.165, 1.54) is 6.07 Å². The summed E-state index contributed by atoms with van der Waals surface area (Å²) in [5.74, 6) is 0.156. The van der Waals surface area contributed by atoms with Crippen LogP contribution < -0.4 is 15.6 Å². The molecule has 25 heavy (non-hydrogen) atoms. The van der Waals surface area contributed by atoms with Crippen molar-refractivity contribution in [2.45, 2.75) is 46.6 Å². The number of carbonyl (C=O) groups is 1. The average molecular weight is 340 g/mol. The third kappa shape index (κ3) is 3.45. The highest BCUT2D eigenvalue weighted by atomic mass is 16.5. The lowest BCUT2D eigenvalue weighted by Gasteiger charge is -2.23. The highest BCUT2D eigenvalue weighted by Crippen LogP contribution is 2.27. The van der Waals surface area contributed by atoms with Crippen LogP contribution in [0.5, 0.6) is 5.75 Å². The fraction of sp³-hybridized carbons (Fsp3) is 0.400. The van der Waals surface area contributed by atoms with E-state index in [4.69, 9.17) is 4.74 Å². The first-order valence-corrected chi connectivity index (χ1v) is 8.79. The number of rotatable bonds is 4. The molecule has 1 N–H and O–H groups in total. The Balaban J connectivity index is 2.05. The molecule has 1 amide bonds. The van der Waals surface area contributed by atoms with Gasteiger partial charge in [0.25, 0.3) is 11.5 Å². The highest BCUT2D eigenvalue weighted by Gasteiger charge is 2.24. The molecule has 1 aromatic carbocycles. The molecule has 0 fully saturated rings. The molecule has 0 saturated heterocycles. The number of hydrogen-bond donors (Lipinski definition) is 1. The summed E-state index contributed by atoms with van der Waals surface area (Å²) in [7, 11) is 0. The molecule has 0 spiro atoms. The monoisotopic (exact) mass is 340 g/mol. The zero-order valence-electron chi connectivity index (χ0n) is 15.0. The van der Waals surface area contributed by atoms with Crippen molar-refractivity contribution in [2.24, 2.45) is 0 Å². The first-order chi connectivity index (χ1) is 12.0. The molecule has 1 aromatic heterocycles. The van der Waals surface area contributed by atoms with Gasteiger partial charge in [-0.3, -0.25) is 9.59 Å². The zero-order valence-corrected chi connectivity index (χ0v) is 15.0. The number of benzene rings is 1. The fourth-order valence-corrected chi connectivity index (χ4v) is 3.39. The van der Waals surface area contributed by atoms with Gasteiger partial charge in [-0.1, -0.05) is 17.7 Å². The van der Waals surface area contributed by atoms with Gasteiger partial charge in [-0.25, -0.2) is 0 Å². The number of pyridine rings is 1. The van der Waals surface area contributed by atoms with E-state index in [2.05, 4.69) is 5.32 Å². The van der Waals surface area contributed by atoms with Crippen molar-refractivity contribution in [1.82, 2.24) is 4.57 Å². The van der Waals surface area contributed by atoms with Crippen LogP contribution in [0.15, 0.2) is 29.1 Å². The summed E-state index contributed by atoms with van der Waals surface area (Å²) in [6, 6.07) is 7.35. The third-order valence-corrected chi connectivity index (χ3v) is 4.58. The number of aromatic nitrogens is 1. The van der Waals surface area contributed by atoms with Crippen LogP contribution in [0, 0.1) is 13.8 Å². The van der Waals surface area contributed by atoms with Crippen molar-refractivity contribution in [2.75, 3.05) is 11.9 Å². The number of hydrogen-bond acceptors (Lipinski definition) is 3. The minimum atomic E-state index is -0.221. The summed E-state index contributed by atoms with van der Waals surface area (Å²) >= 11 is 0. The van der Waals surface area contributed by atoms with Crippen LogP contribution in [-0.4, -0.2) is 17.1 Å². The average Bonchev–Trinajstić information content (AvgIpc) is 2.58. The number of aryl methyl sites for hydroxylation is 2. The Bertz CT molecular complexity index is 868. The summed E-state index contributed by atoms with van der Waals surface area (Å²) in [6.07, 6.45) is 2.64. The van der Waals surface area contributed by atoms with E-state index >= 15 is 0 Å². The maximum Gasteiger partial charge on any atom is 0.261 e. The van der Waals surface area contributed by atoms with E-state index < -0.39 is 0 Å². The topological polar surface area (TPSA) is 60.3 Å². The van der Waals surface area contributed by atoms with Gasteiger partial charge < -0.3 is 14.6 Å². The van der Waals surface area contributed by atoms with Gasteiger partial charge in [0.1, 0.15) is 11.3 Å². The molecule has 0 atom stereocenters.